The third kappa shape index (κ3) is 3.84. The lowest BCUT2D eigenvalue weighted by Crippen LogP contribution is -2.47. The third-order valence-corrected chi connectivity index (χ3v) is 3.71. The highest BCUT2D eigenvalue weighted by atomic mass is 35.5. The second-order valence-corrected chi connectivity index (χ2v) is 5.11. The van der Waals surface area contributed by atoms with Gasteiger partial charge >= 0.3 is 0 Å². The Morgan fingerprint density at radius 2 is 1.71 bits per heavy atom. The average Bonchev–Trinajstić information content (AvgIpc) is 2.53. The summed E-state index contributed by atoms with van der Waals surface area (Å²) in [5, 5.41) is 6.30. The summed E-state index contributed by atoms with van der Waals surface area (Å²) in [6.45, 7) is 1.35. The minimum absolute atomic E-state index is 0. The van der Waals surface area contributed by atoms with E-state index in [2.05, 4.69) is 22.8 Å². The first-order chi connectivity index (χ1) is 9.83. The Morgan fingerprint density at radius 1 is 1.05 bits per heavy atom. The molecule has 4 heteroatoms. The van der Waals surface area contributed by atoms with Gasteiger partial charge in [0.2, 0.25) is 5.91 Å². The van der Waals surface area contributed by atoms with Crippen molar-refractivity contribution in [3.05, 3.63) is 71.3 Å². The van der Waals surface area contributed by atoms with Crippen LogP contribution in [0.2, 0.25) is 0 Å². The smallest absolute Gasteiger partial charge is 0.237 e. The van der Waals surface area contributed by atoms with Crippen LogP contribution in [0, 0.1) is 0 Å². The summed E-state index contributed by atoms with van der Waals surface area (Å²) in [4.78, 5) is 12.2. The summed E-state index contributed by atoms with van der Waals surface area (Å²) in [6, 6.07) is 18.1. The summed E-state index contributed by atoms with van der Waals surface area (Å²) in [5.41, 5.74) is 3.68. The van der Waals surface area contributed by atoms with Crippen LogP contribution in [0.4, 0.5) is 0 Å². The number of halogens is 1. The van der Waals surface area contributed by atoms with E-state index in [0.717, 1.165) is 18.5 Å². The van der Waals surface area contributed by atoms with Crippen molar-refractivity contribution in [2.24, 2.45) is 0 Å². The average molecular weight is 303 g/mol. The van der Waals surface area contributed by atoms with Crippen LogP contribution < -0.4 is 10.6 Å². The molecule has 0 saturated carbocycles. The zero-order valence-electron chi connectivity index (χ0n) is 11.7. The van der Waals surface area contributed by atoms with Gasteiger partial charge in [-0.15, -0.1) is 12.4 Å². The van der Waals surface area contributed by atoms with E-state index < -0.39 is 0 Å². The maximum Gasteiger partial charge on any atom is 0.237 e. The molecule has 0 spiro atoms. The Labute approximate surface area is 131 Å². The summed E-state index contributed by atoms with van der Waals surface area (Å²) in [5.74, 6) is 0.0726. The molecule has 2 aromatic rings. The fourth-order valence-corrected chi connectivity index (χ4v) is 2.55. The summed E-state index contributed by atoms with van der Waals surface area (Å²) < 4.78 is 0. The topological polar surface area (TPSA) is 41.1 Å². The summed E-state index contributed by atoms with van der Waals surface area (Å²) in [6.07, 6.45) is 0.761. The molecule has 0 fully saturated rings. The van der Waals surface area contributed by atoms with E-state index in [9.17, 15) is 4.79 Å². The van der Waals surface area contributed by atoms with Gasteiger partial charge in [-0.1, -0.05) is 54.6 Å². The lowest BCUT2D eigenvalue weighted by Gasteiger charge is -2.25. The minimum atomic E-state index is -0.131. The van der Waals surface area contributed by atoms with Crippen molar-refractivity contribution < 1.29 is 4.79 Å². The number of nitrogens with one attached hydrogen (secondary N) is 2. The summed E-state index contributed by atoms with van der Waals surface area (Å²) >= 11 is 0. The molecule has 1 amide bonds. The predicted molar refractivity (Wildman–Crippen MR) is 86.3 cm³/mol. The fraction of sp³-hybridized carbons (Fsp3) is 0.235. The van der Waals surface area contributed by atoms with Gasteiger partial charge in [-0.2, -0.15) is 0 Å². The van der Waals surface area contributed by atoms with Gasteiger partial charge in [0.05, 0.1) is 6.04 Å². The van der Waals surface area contributed by atoms with Crippen LogP contribution in [-0.4, -0.2) is 11.9 Å². The van der Waals surface area contributed by atoms with Gasteiger partial charge in [-0.3, -0.25) is 4.79 Å². The predicted octanol–water partition coefficient (Wildman–Crippen LogP) is 2.44. The number of benzene rings is 2. The van der Waals surface area contributed by atoms with Crippen LogP contribution in [0.5, 0.6) is 0 Å². The van der Waals surface area contributed by atoms with E-state index in [0.29, 0.717) is 6.54 Å². The van der Waals surface area contributed by atoms with Gasteiger partial charge in [0.15, 0.2) is 0 Å². The molecule has 3 nitrogen and oxygen atoms in total. The number of amides is 1. The van der Waals surface area contributed by atoms with Gasteiger partial charge in [0.25, 0.3) is 0 Å². The van der Waals surface area contributed by atoms with E-state index in [-0.39, 0.29) is 24.4 Å². The molecule has 1 atom stereocenters. The monoisotopic (exact) mass is 302 g/mol. The number of rotatable bonds is 3. The molecular formula is C17H19ClN2O. The molecule has 0 aliphatic carbocycles. The molecule has 2 N–H and O–H groups in total. The molecule has 1 aliphatic rings. The molecule has 0 aromatic heterocycles. The Hall–Kier alpha value is -1.84. The third-order valence-electron chi connectivity index (χ3n) is 3.71. The highest BCUT2D eigenvalue weighted by Crippen LogP contribution is 2.16. The lowest BCUT2D eigenvalue weighted by molar-refractivity contribution is -0.123. The van der Waals surface area contributed by atoms with E-state index >= 15 is 0 Å². The first-order valence-electron chi connectivity index (χ1n) is 6.95. The molecule has 110 valence electrons. The zero-order valence-corrected chi connectivity index (χ0v) is 12.5. The molecule has 0 unspecified atom stereocenters. The van der Waals surface area contributed by atoms with Crippen LogP contribution >= 0.6 is 12.4 Å². The Morgan fingerprint density at radius 3 is 2.48 bits per heavy atom. The molecule has 3 rings (SSSR count). The number of hydrogen-bond donors (Lipinski definition) is 2. The fourth-order valence-electron chi connectivity index (χ4n) is 2.55. The molecule has 1 heterocycles. The summed E-state index contributed by atoms with van der Waals surface area (Å²) in [7, 11) is 0. The molecule has 1 aliphatic heterocycles. The maximum atomic E-state index is 12.2. The van der Waals surface area contributed by atoms with Gasteiger partial charge < -0.3 is 10.6 Å². The highest BCUT2D eigenvalue weighted by Gasteiger charge is 2.23. The second kappa shape index (κ2) is 7.25. The molecule has 0 bridgehead atoms. The number of carbonyl (C=O) groups excluding carboxylic acids is 1. The Balaban J connectivity index is 0.00000161. The quantitative estimate of drug-likeness (QED) is 0.914. The van der Waals surface area contributed by atoms with Crippen LogP contribution in [0.3, 0.4) is 0 Å². The van der Waals surface area contributed by atoms with Gasteiger partial charge in [-0.05, 0) is 23.1 Å². The first kappa shape index (κ1) is 15.5. The van der Waals surface area contributed by atoms with Crippen LogP contribution in [0.15, 0.2) is 54.6 Å². The van der Waals surface area contributed by atoms with Crippen molar-refractivity contribution in [2.45, 2.75) is 25.6 Å². The van der Waals surface area contributed by atoms with Crippen molar-refractivity contribution in [1.29, 1.82) is 0 Å². The lowest BCUT2D eigenvalue weighted by atomic mass is 9.95. The standard InChI is InChI=1S/C17H18N2O.ClH/c20-17(19-11-13-6-2-1-3-7-13)16-10-14-8-4-5-9-15(14)12-18-16;/h1-9,16,18H,10-12H2,(H,19,20);1H/t16-;/m0./s1. The van der Waals surface area contributed by atoms with Crippen molar-refractivity contribution in [3.63, 3.8) is 0 Å². The van der Waals surface area contributed by atoms with Crippen LogP contribution in [0.25, 0.3) is 0 Å². The van der Waals surface area contributed by atoms with Crippen molar-refractivity contribution in [1.82, 2.24) is 10.6 Å². The van der Waals surface area contributed by atoms with Crippen LogP contribution in [0.1, 0.15) is 16.7 Å². The van der Waals surface area contributed by atoms with E-state index in [1.807, 2.05) is 42.5 Å². The maximum absolute atomic E-state index is 12.2. The SMILES string of the molecule is Cl.O=C(NCc1ccccc1)[C@@H]1Cc2ccccc2CN1. The van der Waals surface area contributed by atoms with Gasteiger partial charge in [-0.25, -0.2) is 0 Å². The highest BCUT2D eigenvalue weighted by molar-refractivity contribution is 5.85. The largest absolute Gasteiger partial charge is 0.351 e. The van der Waals surface area contributed by atoms with Crippen molar-refractivity contribution in [2.75, 3.05) is 0 Å². The Bertz CT molecular complexity index is 601. The Kier molecular flexibility index (Phi) is 5.37. The normalized spacial score (nSPS) is 16.5. The van der Waals surface area contributed by atoms with Gasteiger partial charge in [0, 0.05) is 13.1 Å². The second-order valence-electron chi connectivity index (χ2n) is 5.11. The van der Waals surface area contributed by atoms with E-state index in [4.69, 9.17) is 0 Å². The van der Waals surface area contributed by atoms with Crippen molar-refractivity contribution in [3.8, 4) is 0 Å². The molecule has 0 radical (unpaired) electrons. The van der Waals surface area contributed by atoms with Gasteiger partial charge in [0.1, 0.15) is 0 Å². The first-order valence-corrected chi connectivity index (χ1v) is 6.95. The number of carbonyl (C=O) groups is 1. The molecule has 0 saturated heterocycles. The number of fused-ring (bicyclic) bond motifs is 1. The zero-order chi connectivity index (χ0) is 13.8. The van der Waals surface area contributed by atoms with E-state index in [1.165, 1.54) is 11.1 Å². The minimum Gasteiger partial charge on any atom is -0.351 e. The number of hydrogen-bond acceptors (Lipinski definition) is 2. The molecule has 21 heavy (non-hydrogen) atoms. The van der Waals surface area contributed by atoms with Crippen LogP contribution in [-0.2, 0) is 24.3 Å². The van der Waals surface area contributed by atoms with Crippen molar-refractivity contribution >= 4 is 18.3 Å². The molecule has 2 aromatic carbocycles. The molecular weight excluding hydrogens is 284 g/mol. The van der Waals surface area contributed by atoms with E-state index in [1.54, 1.807) is 0 Å².